The van der Waals surface area contributed by atoms with Gasteiger partial charge in [0.2, 0.25) is 0 Å². The Morgan fingerprint density at radius 3 is 0.955 bits per heavy atom. The van der Waals surface area contributed by atoms with E-state index < -0.39 is 11.9 Å². The summed E-state index contributed by atoms with van der Waals surface area (Å²) in [6, 6.07) is 0. The molecule has 0 aliphatic carbocycles. The van der Waals surface area contributed by atoms with E-state index in [-0.39, 0.29) is 25.0 Å². The SMILES string of the molecule is CC(C)CC(C)O.CC(C)CC(C)O.O=C(O)CCC(=O)O. The van der Waals surface area contributed by atoms with E-state index in [1.165, 1.54) is 0 Å². The summed E-state index contributed by atoms with van der Waals surface area (Å²) in [4.78, 5) is 19.3. The van der Waals surface area contributed by atoms with Crippen LogP contribution in [0.3, 0.4) is 0 Å². The van der Waals surface area contributed by atoms with Crippen molar-refractivity contribution in [3.05, 3.63) is 0 Å². The summed E-state index contributed by atoms with van der Waals surface area (Å²) in [6.45, 7) is 12.1. The van der Waals surface area contributed by atoms with Gasteiger partial charge in [-0.15, -0.1) is 0 Å². The van der Waals surface area contributed by atoms with Crippen LogP contribution in [-0.2, 0) is 9.59 Å². The van der Waals surface area contributed by atoms with Crippen molar-refractivity contribution in [1.82, 2.24) is 0 Å². The van der Waals surface area contributed by atoms with E-state index in [1.807, 2.05) is 13.8 Å². The molecular weight excluding hydrogens is 288 g/mol. The quantitative estimate of drug-likeness (QED) is 0.573. The minimum absolute atomic E-state index is 0.125. The van der Waals surface area contributed by atoms with Crippen molar-refractivity contribution in [2.75, 3.05) is 0 Å². The molecule has 0 saturated carbocycles. The van der Waals surface area contributed by atoms with Crippen molar-refractivity contribution >= 4 is 11.9 Å². The number of hydrogen-bond donors (Lipinski definition) is 4. The van der Waals surface area contributed by atoms with Gasteiger partial charge in [-0.05, 0) is 38.5 Å². The molecule has 2 atom stereocenters. The molecule has 0 rings (SSSR count). The van der Waals surface area contributed by atoms with Gasteiger partial charge in [-0.25, -0.2) is 0 Å². The van der Waals surface area contributed by atoms with Gasteiger partial charge in [0.1, 0.15) is 0 Å². The van der Waals surface area contributed by atoms with Crippen molar-refractivity contribution in [1.29, 1.82) is 0 Å². The van der Waals surface area contributed by atoms with Gasteiger partial charge in [0, 0.05) is 0 Å². The first-order valence-corrected chi connectivity index (χ1v) is 7.68. The molecule has 0 amide bonds. The second kappa shape index (κ2) is 16.2. The number of carboxylic acids is 2. The standard InChI is InChI=1S/2C6H14O.C4H6O4/c2*1-5(2)4-6(3)7;5-3(6)1-2-4(7)8/h2*5-7H,4H2,1-3H3;1-2H2,(H,5,6)(H,7,8). The maximum Gasteiger partial charge on any atom is 0.303 e. The van der Waals surface area contributed by atoms with Gasteiger partial charge in [-0.1, -0.05) is 27.7 Å². The predicted octanol–water partition coefficient (Wildman–Crippen LogP) is 2.76. The summed E-state index contributed by atoms with van der Waals surface area (Å²) in [5.41, 5.74) is 0. The van der Waals surface area contributed by atoms with Crippen LogP contribution in [0, 0.1) is 11.8 Å². The monoisotopic (exact) mass is 322 g/mol. The van der Waals surface area contributed by atoms with Crippen LogP contribution in [0.5, 0.6) is 0 Å². The van der Waals surface area contributed by atoms with Crippen molar-refractivity contribution < 1.29 is 30.0 Å². The number of carboxylic acid groups (broad SMARTS) is 2. The third-order valence-corrected chi connectivity index (χ3v) is 2.18. The van der Waals surface area contributed by atoms with E-state index in [0.717, 1.165) is 12.8 Å². The molecule has 0 aromatic heterocycles. The number of aliphatic carboxylic acids is 2. The first kappa shape index (κ1) is 25.8. The fourth-order valence-electron chi connectivity index (χ4n) is 1.58. The second-order valence-corrected chi connectivity index (χ2v) is 6.24. The van der Waals surface area contributed by atoms with E-state index in [2.05, 4.69) is 27.7 Å². The normalized spacial score (nSPS) is 12.6. The maximum absolute atomic E-state index is 9.64. The molecule has 0 spiro atoms. The maximum atomic E-state index is 9.64. The van der Waals surface area contributed by atoms with E-state index in [0.29, 0.717) is 11.8 Å². The number of rotatable bonds is 7. The zero-order valence-corrected chi connectivity index (χ0v) is 14.7. The number of aliphatic hydroxyl groups excluding tert-OH is 2. The van der Waals surface area contributed by atoms with Crippen LogP contribution in [0.25, 0.3) is 0 Å². The summed E-state index contributed by atoms with van der Waals surface area (Å²) < 4.78 is 0. The minimum Gasteiger partial charge on any atom is -0.481 e. The highest BCUT2D eigenvalue weighted by Gasteiger charge is 2.00. The van der Waals surface area contributed by atoms with E-state index in [1.54, 1.807) is 0 Å². The molecule has 4 N–H and O–H groups in total. The Bertz CT molecular complexity index is 232. The molecule has 0 aliphatic heterocycles. The largest absolute Gasteiger partial charge is 0.481 e. The third kappa shape index (κ3) is 42.8. The molecule has 0 aromatic carbocycles. The lowest BCUT2D eigenvalue weighted by molar-refractivity contribution is -0.143. The zero-order valence-electron chi connectivity index (χ0n) is 14.7. The van der Waals surface area contributed by atoms with Crippen molar-refractivity contribution in [3.63, 3.8) is 0 Å². The molecule has 22 heavy (non-hydrogen) atoms. The van der Waals surface area contributed by atoms with E-state index >= 15 is 0 Å². The van der Waals surface area contributed by atoms with Crippen LogP contribution in [0.1, 0.15) is 67.2 Å². The van der Waals surface area contributed by atoms with Crippen LogP contribution < -0.4 is 0 Å². The molecule has 0 saturated heterocycles. The Morgan fingerprint density at radius 2 is 0.909 bits per heavy atom. The topological polar surface area (TPSA) is 115 Å². The van der Waals surface area contributed by atoms with Gasteiger partial charge in [0.25, 0.3) is 0 Å². The molecule has 2 unspecified atom stereocenters. The molecule has 0 bridgehead atoms. The van der Waals surface area contributed by atoms with Crippen LogP contribution in [0.15, 0.2) is 0 Å². The highest BCUT2D eigenvalue weighted by molar-refractivity contribution is 5.75. The minimum atomic E-state index is -1.08. The predicted molar refractivity (Wildman–Crippen MR) is 86.8 cm³/mol. The lowest BCUT2D eigenvalue weighted by atomic mass is 10.1. The molecule has 0 radical (unpaired) electrons. The van der Waals surface area contributed by atoms with Crippen LogP contribution in [-0.4, -0.2) is 44.6 Å². The molecule has 0 aromatic rings. The Kier molecular flexibility index (Phi) is 19.0. The van der Waals surface area contributed by atoms with Crippen LogP contribution in [0.2, 0.25) is 0 Å². The van der Waals surface area contributed by atoms with Crippen molar-refractivity contribution in [2.24, 2.45) is 11.8 Å². The summed E-state index contributed by atoms with van der Waals surface area (Å²) in [6.07, 6.45) is 0.991. The molecular formula is C16H34O6. The zero-order chi connectivity index (χ0) is 18.3. The lowest BCUT2D eigenvalue weighted by Gasteiger charge is -2.04. The van der Waals surface area contributed by atoms with Gasteiger partial charge in [0.05, 0.1) is 25.0 Å². The van der Waals surface area contributed by atoms with Gasteiger partial charge in [0.15, 0.2) is 0 Å². The number of hydrogen-bond acceptors (Lipinski definition) is 4. The average Bonchev–Trinajstić information content (AvgIpc) is 2.23. The van der Waals surface area contributed by atoms with Gasteiger partial charge < -0.3 is 20.4 Å². The van der Waals surface area contributed by atoms with E-state index in [4.69, 9.17) is 20.4 Å². The highest BCUT2D eigenvalue weighted by atomic mass is 16.4. The Labute approximate surface area is 134 Å². The average molecular weight is 322 g/mol. The van der Waals surface area contributed by atoms with Crippen LogP contribution in [0.4, 0.5) is 0 Å². The Balaban J connectivity index is -0.000000247. The molecule has 0 aliphatic rings. The molecule has 0 heterocycles. The van der Waals surface area contributed by atoms with E-state index in [9.17, 15) is 9.59 Å². The molecule has 6 nitrogen and oxygen atoms in total. The second-order valence-electron chi connectivity index (χ2n) is 6.24. The first-order valence-electron chi connectivity index (χ1n) is 7.68. The number of carbonyl (C=O) groups is 2. The molecule has 0 fully saturated rings. The summed E-state index contributed by atoms with van der Waals surface area (Å²) >= 11 is 0. The van der Waals surface area contributed by atoms with Crippen molar-refractivity contribution in [3.8, 4) is 0 Å². The summed E-state index contributed by atoms with van der Waals surface area (Å²) in [5, 5.41) is 33.2. The number of aliphatic hydroxyl groups is 2. The fraction of sp³-hybridized carbons (Fsp3) is 0.875. The first-order chi connectivity index (χ1) is 9.88. The highest BCUT2D eigenvalue weighted by Crippen LogP contribution is 2.02. The summed E-state index contributed by atoms with van der Waals surface area (Å²) in [5.74, 6) is -0.903. The van der Waals surface area contributed by atoms with Crippen molar-refractivity contribution in [2.45, 2.75) is 79.4 Å². The summed E-state index contributed by atoms with van der Waals surface area (Å²) in [7, 11) is 0. The Hall–Kier alpha value is -1.14. The third-order valence-electron chi connectivity index (χ3n) is 2.18. The van der Waals surface area contributed by atoms with Gasteiger partial charge in [-0.2, -0.15) is 0 Å². The molecule has 6 heteroatoms. The van der Waals surface area contributed by atoms with Crippen LogP contribution >= 0.6 is 0 Å². The smallest absolute Gasteiger partial charge is 0.303 e. The lowest BCUT2D eigenvalue weighted by Crippen LogP contribution is -2.03. The molecule has 134 valence electrons. The van der Waals surface area contributed by atoms with Gasteiger partial charge >= 0.3 is 11.9 Å². The fourth-order valence-corrected chi connectivity index (χ4v) is 1.58. The Morgan fingerprint density at radius 1 is 0.682 bits per heavy atom. The van der Waals surface area contributed by atoms with Gasteiger partial charge in [-0.3, -0.25) is 9.59 Å².